The van der Waals surface area contributed by atoms with Gasteiger partial charge in [-0.05, 0) is 22.6 Å². The Kier molecular flexibility index (Phi) is 4.09. The summed E-state index contributed by atoms with van der Waals surface area (Å²) in [6.45, 7) is 4.51. The number of aliphatic hydroxyl groups excluding tert-OH is 1. The van der Waals surface area contributed by atoms with Crippen LogP contribution in [0.5, 0.6) is 0 Å². The highest BCUT2D eigenvalue weighted by molar-refractivity contribution is 14.1. The zero-order valence-electron chi connectivity index (χ0n) is 8.67. The Bertz CT molecular complexity index is 389. The van der Waals surface area contributed by atoms with E-state index in [1.807, 2.05) is 36.4 Å². The molecule has 6 heteroatoms. The largest absolute Gasteiger partial charge is 0.396 e. The van der Waals surface area contributed by atoms with E-state index in [4.69, 9.17) is 5.11 Å². The van der Waals surface area contributed by atoms with E-state index in [1.54, 1.807) is 0 Å². The Hall–Kier alpha value is -0.630. The van der Waals surface area contributed by atoms with Crippen LogP contribution in [-0.2, 0) is 0 Å². The topological polar surface area (TPSA) is 78.0 Å². The van der Waals surface area contributed by atoms with Crippen molar-refractivity contribution in [2.45, 2.75) is 13.8 Å². The second-order valence-corrected chi connectivity index (χ2v) is 5.15. The van der Waals surface area contributed by atoms with Gasteiger partial charge in [-0.3, -0.25) is 4.79 Å². The molecule has 0 aromatic carbocycles. The fourth-order valence-electron chi connectivity index (χ4n) is 0.885. The third kappa shape index (κ3) is 3.45. The zero-order valence-corrected chi connectivity index (χ0v) is 10.8. The number of nitrogens with one attached hydrogen (secondary N) is 2. The van der Waals surface area contributed by atoms with Gasteiger partial charge in [0, 0.05) is 18.6 Å². The normalized spacial score (nSPS) is 11.5. The molecule has 0 bridgehead atoms. The average Bonchev–Trinajstić information content (AvgIpc) is 2.20. The molecule has 0 fully saturated rings. The van der Waals surface area contributed by atoms with Crippen molar-refractivity contribution in [1.29, 1.82) is 0 Å². The third-order valence-electron chi connectivity index (χ3n) is 1.96. The van der Waals surface area contributed by atoms with Crippen molar-refractivity contribution in [2.24, 2.45) is 5.41 Å². The summed E-state index contributed by atoms with van der Waals surface area (Å²) in [5.74, 6) is 0.556. The molecule has 15 heavy (non-hydrogen) atoms. The number of rotatable bonds is 4. The van der Waals surface area contributed by atoms with Gasteiger partial charge >= 0.3 is 0 Å². The van der Waals surface area contributed by atoms with E-state index >= 15 is 0 Å². The molecule has 1 heterocycles. The van der Waals surface area contributed by atoms with Crippen LogP contribution in [0.2, 0.25) is 0 Å². The van der Waals surface area contributed by atoms with E-state index in [-0.39, 0.29) is 17.6 Å². The molecule has 0 unspecified atom stereocenters. The molecule has 1 aromatic rings. The summed E-state index contributed by atoms with van der Waals surface area (Å²) in [5, 5.41) is 12.1. The number of H-pyrrole nitrogens is 1. The van der Waals surface area contributed by atoms with E-state index in [9.17, 15) is 4.79 Å². The molecule has 1 aromatic heterocycles. The van der Waals surface area contributed by atoms with Crippen molar-refractivity contribution in [2.75, 3.05) is 18.5 Å². The van der Waals surface area contributed by atoms with Gasteiger partial charge in [0.1, 0.15) is 9.39 Å². The predicted octanol–water partition coefficient (Wildman–Crippen LogP) is 0.805. The minimum atomic E-state index is -0.229. The van der Waals surface area contributed by atoms with Gasteiger partial charge in [0.25, 0.3) is 5.56 Å². The molecule has 5 nitrogen and oxygen atoms in total. The molecule has 1 rings (SSSR count). The fourth-order valence-corrected chi connectivity index (χ4v) is 1.37. The maximum absolute atomic E-state index is 11.2. The summed E-state index contributed by atoms with van der Waals surface area (Å²) in [7, 11) is 0. The third-order valence-corrected chi connectivity index (χ3v) is 2.96. The number of nitrogens with zero attached hydrogens (tertiary/aromatic N) is 1. The molecule has 0 atom stereocenters. The van der Waals surface area contributed by atoms with E-state index < -0.39 is 0 Å². The Morgan fingerprint density at radius 2 is 2.33 bits per heavy atom. The van der Waals surface area contributed by atoms with Gasteiger partial charge in [-0.15, -0.1) is 0 Å². The van der Waals surface area contributed by atoms with Crippen LogP contribution in [0, 0.1) is 8.99 Å². The summed E-state index contributed by atoms with van der Waals surface area (Å²) in [4.78, 5) is 17.7. The highest BCUT2D eigenvalue weighted by Crippen LogP contribution is 2.16. The van der Waals surface area contributed by atoms with Crippen LogP contribution in [0.15, 0.2) is 11.1 Å². The summed E-state index contributed by atoms with van der Waals surface area (Å²) in [6, 6.07) is 0. The van der Waals surface area contributed by atoms with Crippen LogP contribution in [0.4, 0.5) is 5.82 Å². The number of aliphatic hydroxyl groups is 1. The van der Waals surface area contributed by atoms with Crippen molar-refractivity contribution in [3.63, 3.8) is 0 Å². The molecule has 0 aliphatic rings. The number of halogens is 1. The van der Waals surface area contributed by atoms with Crippen LogP contribution in [0.1, 0.15) is 13.8 Å². The summed E-state index contributed by atoms with van der Waals surface area (Å²) < 4.78 is 0.531. The van der Waals surface area contributed by atoms with E-state index in [0.717, 1.165) is 0 Å². The number of anilines is 1. The first kappa shape index (κ1) is 12.4. The monoisotopic (exact) mass is 323 g/mol. The molecule has 0 saturated carbocycles. The van der Waals surface area contributed by atoms with E-state index in [2.05, 4.69) is 15.3 Å². The molecule has 0 aliphatic carbocycles. The summed E-state index contributed by atoms with van der Waals surface area (Å²) in [6.07, 6.45) is 1.36. The van der Waals surface area contributed by atoms with Crippen LogP contribution in [0.3, 0.4) is 0 Å². The van der Waals surface area contributed by atoms with Crippen molar-refractivity contribution >= 4 is 28.4 Å². The SMILES string of the molecule is CC(C)(CO)CNc1nc[nH]c(=O)c1I. The molecule has 0 radical (unpaired) electrons. The molecule has 0 saturated heterocycles. The van der Waals surface area contributed by atoms with Crippen LogP contribution >= 0.6 is 22.6 Å². The van der Waals surface area contributed by atoms with Gasteiger partial charge in [-0.2, -0.15) is 0 Å². The minimum Gasteiger partial charge on any atom is -0.396 e. The molecular weight excluding hydrogens is 309 g/mol. The molecule has 3 N–H and O–H groups in total. The average molecular weight is 323 g/mol. The number of hydrogen-bond donors (Lipinski definition) is 3. The minimum absolute atomic E-state index is 0.0831. The lowest BCUT2D eigenvalue weighted by Gasteiger charge is -2.22. The predicted molar refractivity (Wildman–Crippen MR) is 66.9 cm³/mol. The molecule has 84 valence electrons. The quantitative estimate of drug-likeness (QED) is 0.717. The second-order valence-electron chi connectivity index (χ2n) is 4.07. The molecule has 0 amide bonds. The number of aromatic nitrogens is 2. The zero-order chi connectivity index (χ0) is 11.5. The van der Waals surface area contributed by atoms with E-state index in [0.29, 0.717) is 15.9 Å². The van der Waals surface area contributed by atoms with Crippen LogP contribution < -0.4 is 10.9 Å². The molecular formula is C9H14IN3O2. The van der Waals surface area contributed by atoms with Crippen molar-refractivity contribution < 1.29 is 5.11 Å². The van der Waals surface area contributed by atoms with Gasteiger partial charge < -0.3 is 15.4 Å². The highest BCUT2D eigenvalue weighted by atomic mass is 127. The Labute approximate surface area is 101 Å². The number of aromatic amines is 1. The maximum Gasteiger partial charge on any atom is 0.266 e. The first-order chi connectivity index (χ1) is 6.96. The fraction of sp³-hybridized carbons (Fsp3) is 0.556. The number of hydrogen-bond acceptors (Lipinski definition) is 4. The smallest absolute Gasteiger partial charge is 0.266 e. The van der Waals surface area contributed by atoms with Gasteiger partial charge in [0.05, 0.1) is 6.33 Å². The Balaban J connectivity index is 2.74. The van der Waals surface area contributed by atoms with Crippen LogP contribution in [0.25, 0.3) is 0 Å². The van der Waals surface area contributed by atoms with Gasteiger partial charge in [-0.1, -0.05) is 13.8 Å². The summed E-state index contributed by atoms with van der Waals surface area (Å²) >= 11 is 1.94. The van der Waals surface area contributed by atoms with Crippen molar-refractivity contribution in [1.82, 2.24) is 9.97 Å². The maximum atomic E-state index is 11.2. The lowest BCUT2D eigenvalue weighted by atomic mass is 9.95. The summed E-state index contributed by atoms with van der Waals surface area (Å²) in [5.41, 5.74) is -0.386. The standard InChI is InChI=1S/C9H14IN3O2/c1-9(2,4-14)3-11-7-6(10)8(15)13-5-12-7/h5,14H,3-4H2,1-2H3,(H2,11,12,13,15). The van der Waals surface area contributed by atoms with E-state index in [1.165, 1.54) is 6.33 Å². The highest BCUT2D eigenvalue weighted by Gasteiger charge is 2.17. The lowest BCUT2D eigenvalue weighted by molar-refractivity contribution is 0.170. The van der Waals surface area contributed by atoms with Crippen molar-refractivity contribution in [3.8, 4) is 0 Å². The molecule has 0 spiro atoms. The van der Waals surface area contributed by atoms with Gasteiger partial charge in [0.15, 0.2) is 0 Å². The van der Waals surface area contributed by atoms with Gasteiger partial charge in [0.2, 0.25) is 0 Å². The Morgan fingerprint density at radius 1 is 1.67 bits per heavy atom. The first-order valence-corrected chi connectivity index (χ1v) is 5.62. The molecule has 0 aliphatic heterocycles. The second kappa shape index (κ2) is 4.93. The Morgan fingerprint density at radius 3 is 2.93 bits per heavy atom. The van der Waals surface area contributed by atoms with Crippen molar-refractivity contribution in [3.05, 3.63) is 20.3 Å². The lowest BCUT2D eigenvalue weighted by Crippen LogP contribution is -2.28. The first-order valence-electron chi connectivity index (χ1n) is 4.54. The van der Waals surface area contributed by atoms with Gasteiger partial charge in [-0.25, -0.2) is 4.98 Å². The van der Waals surface area contributed by atoms with Crippen LogP contribution in [-0.4, -0.2) is 28.2 Å².